The maximum Gasteiger partial charge on any atom is 0.249 e. The van der Waals surface area contributed by atoms with Crippen LogP contribution in [0.4, 0.5) is 5.82 Å². The van der Waals surface area contributed by atoms with Crippen molar-refractivity contribution in [2.45, 2.75) is 32.4 Å². The normalized spacial score (nSPS) is 14.7. The number of hydrogen-bond donors (Lipinski definition) is 2. The number of carbonyl (C=O) groups is 1. The van der Waals surface area contributed by atoms with Crippen LogP contribution in [0.2, 0.25) is 0 Å². The highest BCUT2D eigenvalue weighted by Gasteiger charge is 2.23. The standard InChI is InChI=1S/C20H25N3O2/c1-3-23-10-9-16-12-17(13-22(2)20(16)23)19(25)21-18(14-24)11-15-7-5-4-6-8-15/h4-10,13,18,24H,3,11-12,14H2,1-2H3,(H,21,25)/t18-/m1/s1. The van der Waals surface area contributed by atoms with E-state index in [-0.39, 0.29) is 18.6 Å². The van der Waals surface area contributed by atoms with E-state index < -0.39 is 0 Å². The van der Waals surface area contributed by atoms with Crippen molar-refractivity contribution in [3.8, 4) is 0 Å². The first-order chi connectivity index (χ1) is 12.1. The van der Waals surface area contributed by atoms with Gasteiger partial charge in [-0.2, -0.15) is 0 Å². The van der Waals surface area contributed by atoms with Crippen molar-refractivity contribution in [3.63, 3.8) is 0 Å². The fourth-order valence-electron chi connectivity index (χ4n) is 3.35. The molecule has 0 fully saturated rings. The number of fused-ring (bicyclic) bond motifs is 1. The van der Waals surface area contributed by atoms with Gasteiger partial charge in [0.25, 0.3) is 0 Å². The number of aromatic nitrogens is 1. The molecule has 1 atom stereocenters. The molecule has 1 aromatic carbocycles. The molecule has 0 spiro atoms. The first kappa shape index (κ1) is 17.3. The van der Waals surface area contributed by atoms with Crippen molar-refractivity contribution in [1.29, 1.82) is 0 Å². The van der Waals surface area contributed by atoms with Crippen LogP contribution < -0.4 is 10.2 Å². The van der Waals surface area contributed by atoms with Gasteiger partial charge in [-0.05, 0) is 30.5 Å². The largest absolute Gasteiger partial charge is 0.394 e. The molecule has 5 heteroatoms. The predicted octanol–water partition coefficient (Wildman–Crippen LogP) is 2.10. The van der Waals surface area contributed by atoms with Crippen LogP contribution >= 0.6 is 0 Å². The smallest absolute Gasteiger partial charge is 0.249 e. The van der Waals surface area contributed by atoms with Crippen molar-refractivity contribution >= 4 is 11.7 Å². The van der Waals surface area contributed by atoms with Crippen molar-refractivity contribution in [1.82, 2.24) is 9.88 Å². The Bertz CT molecular complexity index is 765. The molecule has 0 saturated carbocycles. The number of aryl methyl sites for hydroxylation is 1. The lowest BCUT2D eigenvalue weighted by molar-refractivity contribution is -0.118. The molecule has 0 unspecified atom stereocenters. The van der Waals surface area contributed by atoms with Gasteiger partial charge in [0, 0.05) is 38.0 Å². The van der Waals surface area contributed by atoms with E-state index in [9.17, 15) is 9.90 Å². The summed E-state index contributed by atoms with van der Waals surface area (Å²) in [5.41, 5.74) is 2.97. The number of rotatable bonds is 6. The molecule has 0 radical (unpaired) electrons. The van der Waals surface area contributed by atoms with Gasteiger partial charge in [0.15, 0.2) is 0 Å². The first-order valence-electron chi connectivity index (χ1n) is 8.69. The number of nitrogens with one attached hydrogen (secondary N) is 1. The fraction of sp³-hybridized carbons (Fsp3) is 0.350. The van der Waals surface area contributed by atoms with Crippen LogP contribution in [-0.4, -0.2) is 35.3 Å². The van der Waals surface area contributed by atoms with E-state index in [1.807, 2.05) is 48.5 Å². The average Bonchev–Trinajstić information content (AvgIpc) is 3.05. The molecule has 5 nitrogen and oxygen atoms in total. The molecule has 1 aromatic heterocycles. The lowest BCUT2D eigenvalue weighted by Gasteiger charge is -2.26. The van der Waals surface area contributed by atoms with Crippen molar-refractivity contribution in [3.05, 3.63) is 65.5 Å². The van der Waals surface area contributed by atoms with Crippen LogP contribution in [0.25, 0.3) is 0 Å². The summed E-state index contributed by atoms with van der Waals surface area (Å²) in [5.74, 6) is 1.03. The molecule has 132 valence electrons. The lowest BCUT2D eigenvalue weighted by Crippen LogP contribution is -2.41. The van der Waals surface area contributed by atoms with Gasteiger partial charge in [-0.1, -0.05) is 30.3 Å². The summed E-state index contributed by atoms with van der Waals surface area (Å²) < 4.78 is 2.17. The topological polar surface area (TPSA) is 57.5 Å². The maximum absolute atomic E-state index is 12.7. The Balaban J connectivity index is 1.68. The summed E-state index contributed by atoms with van der Waals surface area (Å²) in [7, 11) is 1.96. The van der Waals surface area contributed by atoms with Crippen LogP contribution in [0.3, 0.4) is 0 Å². The van der Waals surface area contributed by atoms with Gasteiger partial charge in [-0.15, -0.1) is 0 Å². The fourth-order valence-corrected chi connectivity index (χ4v) is 3.35. The van der Waals surface area contributed by atoms with Gasteiger partial charge in [-0.3, -0.25) is 4.79 Å². The Morgan fingerprint density at radius 1 is 1.28 bits per heavy atom. The quantitative estimate of drug-likeness (QED) is 0.847. The maximum atomic E-state index is 12.7. The van der Waals surface area contributed by atoms with E-state index >= 15 is 0 Å². The minimum absolute atomic E-state index is 0.0821. The highest BCUT2D eigenvalue weighted by molar-refractivity contribution is 5.95. The first-order valence-corrected chi connectivity index (χ1v) is 8.69. The summed E-state index contributed by atoms with van der Waals surface area (Å²) in [4.78, 5) is 14.7. The molecule has 1 amide bonds. The number of nitrogens with zero attached hydrogens (tertiary/aromatic N) is 2. The van der Waals surface area contributed by atoms with Gasteiger partial charge in [-0.25, -0.2) is 0 Å². The molecule has 1 aliphatic heterocycles. The van der Waals surface area contributed by atoms with Gasteiger partial charge in [0.1, 0.15) is 5.82 Å². The summed E-state index contributed by atoms with van der Waals surface area (Å²) in [6.07, 6.45) is 5.17. The second-order valence-electron chi connectivity index (χ2n) is 6.44. The number of amides is 1. The highest BCUT2D eigenvalue weighted by Crippen LogP contribution is 2.29. The van der Waals surface area contributed by atoms with Gasteiger partial charge in [0.05, 0.1) is 12.6 Å². The third-order valence-corrected chi connectivity index (χ3v) is 4.59. The Morgan fingerprint density at radius 3 is 2.72 bits per heavy atom. The number of aliphatic hydroxyl groups excluding tert-OH is 1. The number of anilines is 1. The Morgan fingerprint density at radius 2 is 2.04 bits per heavy atom. The summed E-state index contributed by atoms with van der Waals surface area (Å²) in [6, 6.07) is 11.7. The molecule has 25 heavy (non-hydrogen) atoms. The van der Waals surface area contributed by atoms with Crippen molar-refractivity contribution < 1.29 is 9.90 Å². The van der Waals surface area contributed by atoms with Gasteiger partial charge in [0.2, 0.25) is 5.91 Å². The van der Waals surface area contributed by atoms with Crippen LogP contribution in [-0.2, 0) is 24.2 Å². The molecule has 2 aromatic rings. The third-order valence-electron chi connectivity index (χ3n) is 4.59. The molecule has 1 aliphatic rings. The number of aliphatic hydroxyl groups is 1. The lowest BCUT2D eigenvalue weighted by atomic mass is 10.0. The molecule has 0 bridgehead atoms. The van der Waals surface area contributed by atoms with Crippen LogP contribution in [0.1, 0.15) is 18.1 Å². The zero-order valence-corrected chi connectivity index (χ0v) is 14.8. The van der Waals surface area contributed by atoms with E-state index in [0.717, 1.165) is 29.1 Å². The van der Waals surface area contributed by atoms with Gasteiger partial charge >= 0.3 is 0 Å². The van der Waals surface area contributed by atoms with E-state index in [4.69, 9.17) is 0 Å². The molecule has 2 N–H and O–H groups in total. The number of carbonyl (C=O) groups excluding carboxylic acids is 1. The monoisotopic (exact) mass is 339 g/mol. The molecular formula is C20H25N3O2. The molecule has 2 heterocycles. The van der Waals surface area contributed by atoms with Crippen molar-refractivity contribution in [2.24, 2.45) is 0 Å². The van der Waals surface area contributed by atoms with Crippen LogP contribution in [0.5, 0.6) is 0 Å². The van der Waals surface area contributed by atoms with E-state index in [2.05, 4.69) is 29.1 Å². The summed E-state index contributed by atoms with van der Waals surface area (Å²) in [5, 5.41) is 12.6. The van der Waals surface area contributed by atoms with Crippen LogP contribution in [0, 0.1) is 0 Å². The Labute approximate surface area is 148 Å². The number of hydrogen-bond acceptors (Lipinski definition) is 3. The molecule has 0 aliphatic carbocycles. The minimum Gasteiger partial charge on any atom is -0.394 e. The second-order valence-corrected chi connectivity index (χ2v) is 6.44. The molecule has 3 rings (SSSR count). The van der Waals surface area contributed by atoms with Crippen LogP contribution in [0.15, 0.2) is 54.4 Å². The second kappa shape index (κ2) is 7.57. The van der Waals surface area contributed by atoms with E-state index in [1.54, 1.807) is 0 Å². The predicted molar refractivity (Wildman–Crippen MR) is 99.5 cm³/mol. The third kappa shape index (κ3) is 3.77. The highest BCUT2D eigenvalue weighted by atomic mass is 16.3. The minimum atomic E-state index is -0.289. The van der Waals surface area contributed by atoms with E-state index in [1.165, 1.54) is 0 Å². The van der Waals surface area contributed by atoms with Gasteiger partial charge < -0.3 is 19.9 Å². The number of benzene rings is 1. The molecular weight excluding hydrogens is 314 g/mol. The van der Waals surface area contributed by atoms with Crippen molar-refractivity contribution in [2.75, 3.05) is 18.6 Å². The summed E-state index contributed by atoms with van der Waals surface area (Å²) in [6.45, 7) is 2.93. The zero-order valence-electron chi connectivity index (χ0n) is 14.8. The van der Waals surface area contributed by atoms with E-state index in [0.29, 0.717) is 12.8 Å². The molecule has 0 saturated heterocycles. The Hall–Kier alpha value is -2.53. The average molecular weight is 339 g/mol. The SMILES string of the molecule is CCn1ccc2c1N(C)C=C(C(=O)N[C@@H](CO)Cc1ccccc1)C2. The summed E-state index contributed by atoms with van der Waals surface area (Å²) >= 11 is 0. The zero-order chi connectivity index (χ0) is 17.8. The Kier molecular flexibility index (Phi) is 5.24.